The lowest BCUT2D eigenvalue weighted by atomic mass is 9.82. The van der Waals surface area contributed by atoms with Crippen LogP contribution in [0, 0.1) is 5.41 Å². The molecule has 1 nitrogen and oxygen atoms in total. The smallest absolute Gasteiger partial charge is 0.0316 e. The first-order chi connectivity index (χ1) is 4.77. The molecule has 1 N–H and O–H groups in total. The van der Waals surface area contributed by atoms with E-state index in [9.17, 15) is 0 Å². The molecular weight excluding hydrogens is 134 g/mol. The normalized spacial score (nSPS) is 12.8. The van der Waals surface area contributed by atoms with Crippen molar-refractivity contribution in [1.82, 2.24) is 5.32 Å². The molecule has 0 aromatic rings. The van der Waals surface area contributed by atoms with Gasteiger partial charge in [-0.3, -0.25) is 0 Å². The van der Waals surface area contributed by atoms with Crippen LogP contribution in [0.5, 0.6) is 0 Å². The van der Waals surface area contributed by atoms with Crippen molar-refractivity contribution >= 4 is 0 Å². The molecule has 0 bridgehead atoms. The second kappa shape index (κ2) is 3.29. The van der Waals surface area contributed by atoms with Crippen LogP contribution >= 0.6 is 0 Å². The Bertz CT molecular complexity index is 128. The average Bonchev–Trinajstić information content (AvgIpc) is 1.55. The standard InChI is InChI=1S/C10H21N/c1-7-11-10(5,6)8-9(2,3)4/h7,11H,1,8H2,2-6H3. The molecule has 11 heavy (non-hydrogen) atoms. The van der Waals surface area contributed by atoms with Gasteiger partial charge in [0.2, 0.25) is 0 Å². The first-order valence-electron chi connectivity index (χ1n) is 4.15. The third-order valence-corrected chi connectivity index (χ3v) is 1.47. The number of hydrogen-bond donors (Lipinski definition) is 1. The average molecular weight is 155 g/mol. The van der Waals surface area contributed by atoms with Crippen molar-refractivity contribution in [3.8, 4) is 0 Å². The Hall–Kier alpha value is -0.460. The zero-order valence-electron chi connectivity index (χ0n) is 8.49. The van der Waals surface area contributed by atoms with E-state index in [2.05, 4.69) is 46.5 Å². The molecule has 0 spiro atoms. The summed E-state index contributed by atoms with van der Waals surface area (Å²) in [7, 11) is 0. The van der Waals surface area contributed by atoms with E-state index < -0.39 is 0 Å². The highest BCUT2D eigenvalue weighted by Crippen LogP contribution is 2.26. The Labute approximate surface area is 70.9 Å². The van der Waals surface area contributed by atoms with Crippen LogP contribution in [0.25, 0.3) is 0 Å². The molecule has 0 heterocycles. The fourth-order valence-corrected chi connectivity index (χ4v) is 1.65. The van der Waals surface area contributed by atoms with Gasteiger partial charge in [0.05, 0.1) is 0 Å². The summed E-state index contributed by atoms with van der Waals surface area (Å²) in [6.07, 6.45) is 2.91. The maximum atomic E-state index is 3.66. The molecule has 0 fully saturated rings. The van der Waals surface area contributed by atoms with E-state index in [1.54, 1.807) is 6.20 Å². The van der Waals surface area contributed by atoms with Crippen LogP contribution in [0.3, 0.4) is 0 Å². The van der Waals surface area contributed by atoms with Crippen LogP contribution in [-0.4, -0.2) is 5.54 Å². The Kier molecular flexibility index (Phi) is 3.15. The van der Waals surface area contributed by atoms with Crippen LogP contribution in [0.4, 0.5) is 0 Å². The van der Waals surface area contributed by atoms with Crippen LogP contribution in [-0.2, 0) is 0 Å². The Balaban J connectivity index is 4.00. The molecule has 0 radical (unpaired) electrons. The highest BCUT2D eigenvalue weighted by molar-refractivity contribution is 4.86. The summed E-state index contributed by atoms with van der Waals surface area (Å²) in [5.41, 5.74) is 0.541. The minimum Gasteiger partial charge on any atom is -0.386 e. The fourth-order valence-electron chi connectivity index (χ4n) is 1.65. The predicted molar refractivity (Wildman–Crippen MR) is 51.5 cm³/mol. The van der Waals surface area contributed by atoms with Crippen LogP contribution in [0.15, 0.2) is 12.8 Å². The zero-order valence-corrected chi connectivity index (χ0v) is 8.49. The molecule has 0 saturated heterocycles. The third kappa shape index (κ3) is 5.96. The van der Waals surface area contributed by atoms with Crippen molar-refractivity contribution in [1.29, 1.82) is 0 Å². The molecule has 0 unspecified atom stereocenters. The molecule has 0 rings (SSSR count). The molecule has 0 aliphatic heterocycles. The molecule has 66 valence electrons. The third-order valence-electron chi connectivity index (χ3n) is 1.47. The topological polar surface area (TPSA) is 12.0 Å². The summed E-state index contributed by atoms with van der Waals surface area (Å²) >= 11 is 0. The van der Waals surface area contributed by atoms with Crippen molar-refractivity contribution in [3.05, 3.63) is 12.8 Å². The van der Waals surface area contributed by atoms with Crippen LogP contribution in [0.2, 0.25) is 0 Å². The van der Waals surface area contributed by atoms with Crippen molar-refractivity contribution < 1.29 is 0 Å². The highest BCUT2D eigenvalue weighted by atomic mass is 14.9. The van der Waals surface area contributed by atoms with Crippen molar-refractivity contribution in [2.24, 2.45) is 5.41 Å². The largest absolute Gasteiger partial charge is 0.386 e. The SMILES string of the molecule is C=CNC(C)(C)CC(C)(C)C. The van der Waals surface area contributed by atoms with Gasteiger partial charge in [-0.05, 0) is 31.9 Å². The summed E-state index contributed by atoms with van der Waals surface area (Å²) in [5, 5.41) is 3.24. The monoisotopic (exact) mass is 155 g/mol. The molecule has 1 heteroatoms. The summed E-state index contributed by atoms with van der Waals surface area (Å²) in [6, 6.07) is 0. The maximum Gasteiger partial charge on any atom is 0.0316 e. The number of rotatable bonds is 3. The summed E-state index contributed by atoms with van der Waals surface area (Å²) in [4.78, 5) is 0. The first kappa shape index (κ1) is 10.5. The molecule has 0 atom stereocenters. The summed E-state index contributed by atoms with van der Waals surface area (Å²) < 4.78 is 0. The summed E-state index contributed by atoms with van der Waals surface area (Å²) in [5.74, 6) is 0. The molecule has 0 aliphatic rings. The Morgan fingerprint density at radius 1 is 1.18 bits per heavy atom. The lowest BCUT2D eigenvalue weighted by Crippen LogP contribution is -2.38. The van der Waals surface area contributed by atoms with E-state index in [1.165, 1.54) is 0 Å². The van der Waals surface area contributed by atoms with Gasteiger partial charge in [0, 0.05) is 5.54 Å². The quantitative estimate of drug-likeness (QED) is 0.660. The molecular formula is C10H21N. The fraction of sp³-hybridized carbons (Fsp3) is 0.800. The first-order valence-corrected chi connectivity index (χ1v) is 4.15. The van der Waals surface area contributed by atoms with E-state index in [-0.39, 0.29) is 5.54 Å². The van der Waals surface area contributed by atoms with Crippen LogP contribution < -0.4 is 5.32 Å². The number of nitrogens with one attached hydrogen (secondary N) is 1. The minimum atomic E-state index is 0.167. The van der Waals surface area contributed by atoms with Gasteiger partial charge in [-0.25, -0.2) is 0 Å². The lowest BCUT2D eigenvalue weighted by molar-refractivity contribution is 0.261. The van der Waals surface area contributed by atoms with Crippen LogP contribution in [0.1, 0.15) is 41.0 Å². The maximum absolute atomic E-state index is 3.66. The van der Waals surface area contributed by atoms with E-state index >= 15 is 0 Å². The van der Waals surface area contributed by atoms with Gasteiger partial charge >= 0.3 is 0 Å². The zero-order chi connectivity index (χ0) is 9.12. The van der Waals surface area contributed by atoms with Gasteiger partial charge < -0.3 is 5.32 Å². The molecule has 0 aromatic heterocycles. The van der Waals surface area contributed by atoms with Crippen molar-refractivity contribution in [2.75, 3.05) is 0 Å². The Morgan fingerprint density at radius 2 is 1.64 bits per heavy atom. The van der Waals surface area contributed by atoms with Crippen molar-refractivity contribution in [3.63, 3.8) is 0 Å². The van der Waals surface area contributed by atoms with E-state index in [4.69, 9.17) is 0 Å². The van der Waals surface area contributed by atoms with Crippen molar-refractivity contribution in [2.45, 2.75) is 46.6 Å². The van der Waals surface area contributed by atoms with E-state index in [0.717, 1.165) is 6.42 Å². The van der Waals surface area contributed by atoms with Gasteiger partial charge in [0.1, 0.15) is 0 Å². The second-order valence-electron chi connectivity index (χ2n) is 4.97. The summed E-state index contributed by atoms with van der Waals surface area (Å²) in [6.45, 7) is 14.8. The van der Waals surface area contributed by atoms with Gasteiger partial charge in [-0.1, -0.05) is 27.4 Å². The van der Waals surface area contributed by atoms with Gasteiger partial charge in [0.15, 0.2) is 0 Å². The predicted octanol–water partition coefficient (Wildman–Crippen LogP) is 2.93. The molecule has 0 aromatic carbocycles. The van der Waals surface area contributed by atoms with E-state index in [1.807, 2.05) is 0 Å². The number of hydrogen-bond acceptors (Lipinski definition) is 1. The van der Waals surface area contributed by atoms with E-state index in [0.29, 0.717) is 5.41 Å². The highest BCUT2D eigenvalue weighted by Gasteiger charge is 2.23. The van der Waals surface area contributed by atoms with Gasteiger partial charge in [0.25, 0.3) is 0 Å². The Morgan fingerprint density at radius 3 is 1.91 bits per heavy atom. The lowest BCUT2D eigenvalue weighted by Gasteiger charge is -2.32. The molecule has 0 saturated carbocycles. The van der Waals surface area contributed by atoms with Gasteiger partial charge in [-0.15, -0.1) is 0 Å². The van der Waals surface area contributed by atoms with Gasteiger partial charge in [-0.2, -0.15) is 0 Å². The molecule has 0 aliphatic carbocycles. The molecule has 0 amide bonds. The minimum absolute atomic E-state index is 0.167. The second-order valence-corrected chi connectivity index (χ2v) is 4.97.